The Labute approximate surface area is 197 Å². The zero-order valence-corrected chi connectivity index (χ0v) is 21.3. The lowest BCUT2D eigenvalue weighted by molar-refractivity contribution is -0.115. The van der Waals surface area contributed by atoms with Crippen LogP contribution in [0.15, 0.2) is 22.1 Å². The molecule has 170 valence electrons. The van der Waals surface area contributed by atoms with Gasteiger partial charge in [-0.05, 0) is 71.1 Å². The molecule has 0 aliphatic heterocycles. The summed E-state index contributed by atoms with van der Waals surface area (Å²) in [5.74, 6) is -0.0732. The molecule has 1 saturated carbocycles. The summed E-state index contributed by atoms with van der Waals surface area (Å²) in [6, 6.07) is 4.32. The number of fused-ring (bicyclic) bond motifs is 1. The largest absolute Gasteiger partial charge is 0.325 e. The van der Waals surface area contributed by atoms with Crippen LogP contribution in [0, 0.1) is 34.6 Å². The molecule has 1 aliphatic carbocycles. The second-order valence-electron chi connectivity index (χ2n) is 8.99. The maximum atomic E-state index is 13.5. The quantitative estimate of drug-likeness (QED) is 0.355. The third kappa shape index (κ3) is 4.25. The van der Waals surface area contributed by atoms with Gasteiger partial charge in [-0.1, -0.05) is 42.3 Å². The van der Waals surface area contributed by atoms with Crippen molar-refractivity contribution in [3.05, 3.63) is 49.6 Å². The van der Waals surface area contributed by atoms with Crippen molar-refractivity contribution in [2.75, 3.05) is 5.32 Å². The number of nitrogens with one attached hydrogen (secondary N) is 1. The smallest absolute Gasteiger partial charge is 0.263 e. The summed E-state index contributed by atoms with van der Waals surface area (Å²) >= 11 is 2.95. The van der Waals surface area contributed by atoms with Crippen LogP contribution in [0.5, 0.6) is 0 Å². The fourth-order valence-electron chi connectivity index (χ4n) is 4.67. The first kappa shape index (κ1) is 23.1. The number of rotatable bonds is 5. The van der Waals surface area contributed by atoms with E-state index in [1.807, 2.05) is 39.2 Å². The third-order valence-electron chi connectivity index (χ3n) is 6.47. The van der Waals surface area contributed by atoms with Gasteiger partial charge in [0.25, 0.3) is 5.56 Å². The molecule has 1 aliphatic rings. The van der Waals surface area contributed by atoms with E-state index in [2.05, 4.69) is 24.4 Å². The minimum atomic E-state index is -0.380. The summed E-state index contributed by atoms with van der Waals surface area (Å²) < 4.78 is 1.88. The Kier molecular flexibility index (Phi) is 6.50. The molecule has 4 rings (SSSR count). The van der Waals surface area contributed by atoms with Gasteiger partial charge in [-0.25, -0.2) is 4.98 Å². The maximum absolute atomic E-state index is 13.5. The van der Waals surface area contributed by atoms with Crippen LogP contribution in [0.4, 0.5) is 5.69 Å². The van der Waals surface area contributed by atoms with Crippen LogP contribution in [0.25, 0.3) is 10.2 Å². The number of hydrogen-bond donors (Lipinski definition) is 1. The first-order valence-corrected chi connectivity index (χ1v) is 12.9. The number of benzene rings is 1. The average Bonchev–Trinajstić information content (AvgIpc) is 3.33. The summed E-state index contributed by atoms with van der Waals surface area (Å²) in [5.41, 5.74) is 5.24. The molecule has 32 heavy (non-hydrogen) atoms. The number of nitrogens with zero attached hydrogens (tertiary/aromatic N) is 2. The molecule has 7 heteroatoms. The summed E-state index contributed by atoms with van der Waals surface area (Å²) in [5, 5.41) is 4.13. The number of carbonyl (C=O) groups is 1. The second kappa shape index (κ2) is 9.02. The van der Waals surface area contributed by atoms with Crippen molar-refractivity contribution in [2.45, 2.75) is 83.7 Å². The molecule has 1 N–H and O–H groups in total. The van der Waals surface area contributed by atoms with Crippen LogP contribution in [0.3, 0.4) is 0 Å². The van der Waals surface area contributed by atoms with Gasteiger partial charge in [0, 0.05) is 16.6 Å². The molecule has 1 atom stereocenters. The van der Waals surface area contributed by atoms with Crippen molar-refractivity contribution in [3.8, 4) is 0 Å². The Bertz CT molecular complexity index is 1230. The van der Waals surface area contributed by atoms with Gasteiger partial charge in [0.1, 0.15) is 4.83 Å². The molecule has 1 aromatic carbocycles. The van der Waals surface area contributed by atoms with Crippen LogP contribution in [-0.2, 0) is 4.79 Å². The number of amides is 1. The third-order valence-corrected chi connectivity index (χ3v) is 8.64. The van der Waals surface area contributed by atoms with Crippen LogP contribution in [0.1, 0.15) is 65.8 Å². The minimum Gasteiger partial charge on any atom is -0.325 e. The molecular weight excluding hydrogens is 438 g/mol. The van der Waals surface area contributed by atoms with Gasteiger partial charge < -0.3 is 5.32 Å². The van der Waals surface area contributed by atoms with Crippen LogP contribution >= 0.6 is 23.1 Å². The summed E-state index contributed by atoms with van der Waals surface area (Å²) in [7, 11) is 0. The van der Waals surface area contributed by atoms with Crippen LogP contribution in [0.2, 0.25) is 0 Å². The van der Waals surface area contributed by atoms with Crippen molar-refractivity contribution >= 4 is 44.9 Å². The van der Waals surface area contributed by atoms with E-state index in [9.17, 15) is 9.59 Å². The Morgan fingerprint density at radius 1 is 1.16 bits per heavy atom. The van der Waals surface area contributed by atoms with E-state index in [0.29, 0.717) is 5.16 Å². The lowest BCUT2D eigenvalue weighted by Gasteiger charge is -2.20. The van der Waals surface area contributed by atoms with Crippen LogP contribution < -0.4 is 10.9 Å². The van der Waals surface area contributed by atoms with E-state index in [1.165, 1.54) is 17.3 Å². The predicted octanol–water partition coefficient (Wildman–Crippen LogP) is 6.23. The number of hydrogen-bond acceptors (Lipinski definition) is 5. The molecule has 3 aromatic rings. The SMILES string of the molecule is Cc1cc(C)c(NC(=O)C(C)Sc2nc3sc(C)c(C)c3c(=O)n2C2CCCC2)c(C)c1. The molecule has 0 saturated heterocycles. The molecule has 5 nitrogen and oxygen atoms in total. The van der Waals surface area contributed by atoms with Crippen molar-refractivity contribution in [1.29, 1.82) is 0 Å². The molecule has 0 spiro atoms. The summed E-state index contributed by atoms with van der Waals surface area (Å²) in [6.45, 7) is 12.0. The van der Waals surface area contributed by atoms with E-state index in [-0.39, 0.29) is 22.8 Å². The van der Waals surface area contributed by atoms with E-state index in [1.54, 1.807) is 11.3 Å². The number of aromatic nitrogens is 2. The van der Waals surface area contributed by atoms with Gasteiger partial charge in [-0.2, -0.15) is 0 Å². The normalized spacial score (nSPS) is 15.4. The van der Waals surface area contributed by atoms with Crippen molar-refractivity contribution < 1.29 is 4.79 Å². The number of carbonyl (C=O) groups excluding carboxylic acids is 1. The molecule has 1 fully saturated rings. The molecule has 2 aromatic heterocycles. The number of aryl methyl sites for hydroxylation is 5. The summed E-state index contributed by atoms with van der Waals surface area (Å²) in [4.78, 5) is 33.5. The Morgan fingerprint density at radius 3 is 2.41 bits per heavy atom. The van der Waals surface area contributed by atoms with Crippen molar-refractivity contribution in [1.82, 2.24) is 9.55 Å². The fraction of sp³-hybridized carbons (Fsp3) is 0.480. The van der Waals surface area contributed by atoms with Gasteiger partial charge in [0.05, 0.1) is 10.6 Å². The molecule has 1 unspecified atom stereocenters. The van der Waals surface area contributed by atoms with Gasteiger partial charge in [0.2, 0.25) is 5.91 Å². The highest BCUT2D eigenvalue weighted by Crippen LogP contribution is 2.36. The van der Waals surface area contributed by atoms with E-state index in [4.69, 9.17) is 4.98 Å². The van der Waals surface area contributed by atoms with E-state index < -0.39 is 0 Å². The van der Waals surface area contributed by atoms with Crippen molar-refractivity contribution in [2.24, 2.45) is 0 Å². The lowest BCUT2D eigenvalue weighted by Crippen LogP contribution is -2.29. The maximum Gasteiger partial charge on any atom is 0.263 e. The fourth-order valence-corrected chi connectivity index (χ4v) is 6.72. The highest BCUT2D eigenvalue weighted by atomic mass is 32.2. The molecular formula is C25H31N3O2S2. The minimum absolute atomic E-state index is 0.0454. The Hall–Kier alpha value is -2.12. The first-order chi connectivity index (χ1) is 15.2. The number of anilines is 1. The number of thioether (sulfide) groups is 1. The highest BCUT2D eigenvalue weighted by molar-refractivity contribution is 8.00. The van der Waals surface area contributed by atoms with Gasteiger partial charge in [-0.15, -0.1) is 11.3 Å². The Balaban J connectivity index is 1.68. The zero-order chi connectivity index (χ0) is 23.2. The predicted molar refractivity (Wildman–Crippen MR) is 135 cm³/mol. The molecule has 1 amide bonds. The monoisotopic (exact) mass is 469 g/mol. The molecule has 0 radical (unpaired) electrons. The molecule has 0 bridgehead atoms. The van der Waals surface area contributed by atoms with Gasteiger partial charge in [0.15, 0.2) is 5.16 Å². The first-order valence-electron chi connectivity index (χ1n) is 11.2. The van der Waals surface area contributed by atoms with E-state index in [0.717, 1.165) is 63.2 Å². The standard InChI is InChI=1S/C25H31N3O2S2/c1-13-11-14(2)21(15(3)12-13)26-22(29)18(6)32-25-27-23-20(16(4)17(5)31-23)24(30)28(25)19-9-7-8-10-19/h11-12,18-19H,7-10H2,1-6H3,(H,26,29). The Morgan fingerprint density at radius 2 is 1.78 bits per heavy atom. The van der Waals surface area contributed by atoms with Gasteiger partial charge >= 0.3 is 0 Å². The molecule has 2 heterocycles. The average molecular weight is 470 g/mol. The van der Waals surface area contributed by atoms with Gasteiger partial charge in [-0.3, -0.25) is 14.2 Å². The van der Waals surface area contributed by atoms with E-state index >= 15 is 0 Å². The zero-order valence-electron chi connectivity index (χ0n) is 19.7. The second-order valence-corrected chi connectivity index (χ2v) is 11.5. The lowest BCUT2D eigenvalue weighted by atomic mass is 10.1. The summed E-state index contributed by atoms with van der Waals surface area (Å²) in [6.07, 6.45) is 4.24. The number of thiophene rings is 1. The highest BCUT2D eigenvalue weighted by Gasteiger charge is 2.27. The van der Waals surface area contributed by atoms with Crippen molar-refractivity contribution in [3.63, 3.8) is 0 Å². The topological polar surface area (TPSA) is 64.0 Å². The van der Waals surface area contributed by atoms with Crippen LogP contribution in [-0.4, -0.2) is 20.7 Å².